The number of esters is 1. The third kappa shape index (κ3) is 5.02. The van der Waals surface area contributed by atoms with Crippen LogP contribution >= 0.6 is 0 Å². The van der Waals surface area contributed by atoms with Crippen LogP contribution in [0.4, 0.5) is 5.69 Å². The van der Waals surface area contributed by atoms with Gasteiger partial charge in [-0.2, -0.15) is 0 Å². The van der Waals surface area contributed by atoms with Crippen molar-refractivity contribution in [1.82, 2.24) is 10.2 Å². The molecule has 0 saturated carbocycles. The Balaban J connectivity index is 1.62. The maximum atomic E-state index is 13.2. The maximum Gasteiger partial charge on any atom is 0.321 e. The van der Waals surface area contributed by atoms with Gasteiger partial charge in [0.25, 0.3) is 0 Å². The second kappa shape index (κ2) is 11.2. The first-order chi connectivity index (χ1) is 17.5. The first kappa shape index (κ1) is 25.2. The average Bonchev–Trinajstić information content (AvgIpc) is 2.92. The molecule has 1 amide bonds. The number of carbonyl (C=O) groups is 2. The summed E-state index contributed by atoms with van der Waals surface area (Å²) < 4.78 is 21.6. The Bertz CT molecular complexity index is 1130. The van der Waals surface area contributed by atoms with E-state index in [9.17, 15) is 9.59 Å². The van der Waals surface area contributed by atoms with Crippen molar-refractivity contribution in [3.8, 4) is 17.2 Å². The number of hydrogen-bond donors (Lipinski definition) is 1. The number of nitrogens with zero attached hydrogens (tertiary/aromatic N) is 3. The highest BCUT2D eigenvalue weighted by molar-refractivity contribution is 6.08. The van der Waals surface area contributed by atoms with Gasteiger partial charge in [0.15, 0.2) is 5.92 Å². The van der Waals surface area contributed by atoms with Gasteiger partial charge >= 0.3 is 5.97 Å². The van der Waals surface area contributed by atoms with E-state index in [1.165, 1.54) is 7.11 Å². The highest BCUT2D eigenvalue weighted by Gasteiger charge is 2.43. The van der Waals surface area contributed by atoms with Gasteiger partial charge in [0, 0.05) is 37.8 Å². The molecular formula is C26H32N4O6. The molecule has 4 rings (SSSR count). The van der Waals surface area contributed by atoms with Crippen LogP contribution in [0.2, 0.25) is 0 Å². The number of nitrogens with one attached hydrogen (secondary N) is 1. The van der Waals surface area contributed by atoms with Gasteiger partial charge in [-0.1, -0.05) is 12.1 Å². The van der Waals surface area contributed by atoms with Gasteiger partial charge in [-0.05, 0) is 31.2 Å². The maximum absolute atomic E-state index is 13.2. The van der Waals surface area contributed by atoms with E-state index in [0.717, 1.165) is 11.4 Å². The van der Waals surface area contributed by atoms with E-state index >= 15 is 0 Å². The van der Waals surface area contributed by atoms with Gasteiger partial charge in [0.2, 0.25) is 11.9 Å². The normalized spacial score (nSPS) is 19.8. The number of guanidine groups is 1. The second-order valence-corrected chi connectivity index (χ2v) is 8.37. The Morgan fingerprint density at radius 2 is 1.67 bits per heavy atom. The molecule has 0 radical (unpaired) electrons. The lowest BCUT2D eigenvalue weighted by Crippen LogP contribution is -2.57. The molecule has 0 aliphatic carbocycles. The molecular weight excluding hydrogens is 464 g/mol. The highest BCUT2D eigenvalue weighted by atomic mass is 16.5. The second-order valence-electron chi connectivity index (χ2n) is 8.37. The van der Waals surface area contributed by atoms with Gasteiger partial charge in [-0.3, -0.25) is 14.9 Å². The Labute approximate surface area is 210 Å². The highest BCUT2D eigenvalue weighted by Crippen LogP contribution is 2.38. The molecule has 2 aromatic carbocycles. The lowest BCUT2D eigenvalue weighted by Gasteiger charge is -2.40. The van der Waals surface area contributed by atoms with Crippen molar-refractivity contribution in [1.29, 1.82) is 0 Å². The molecule has 0 spiro atoms. The standard InChI is InChI=1S/C26H32N4O6/c1-5-36-25(32)22-23(18-11-10-17(33-2)16-21(18)35-4)27-26(28-24(22)31)30-14-12-29(13-15-30)19-8-6-7-9-20(19)34-3/h6-11,16,22-23H,5,12-15H2,1-4H3,(H,27,28,31)/t22-,23+/m1/s1. The first-order valence-corrected chi connectivity index (χ1v) is 11.9. The van der Waals surface area contributed by atoms with Crippen LogP contribution in [0, 0.1) is 5.92 Å². The van der Waals surface area contributed by atoms with E-state index in [1.54, 1.807) is 39.3 Å². The zero-order chi connectivity index (χ0) is 25.7. The number of methoxy groups -OCH3 is 3. The molecule has 2 heterocycles. The molecule has 192 valence electrons. The summed E-state index contributed by atoms with van der Waals surface area (Å²) >= 11 is 0. The summed E-state index contributed by atoms with van der Waals surface area (Å²) in [7, 11) is 4.75. The van der Waals surface area contributed by atoms with Crippen LogP contribution in [0.5, 0.6) is 17.2 Å². The Morgan fingerprint density at radius 1 is 0.972 bits per heavy atom. The fourth-order valence-corrected chi connectivity index (χ4v) is 4.56. The summed E-state index contributed by atoms with van der Waals surface area (Å²) in [6, 6.07) is 12.3. The van der Waals surface area contributed by atoms with Gasteiger partial charge in [-0.25, -0.2) is 4.99 Å². The molecule has 2 atom stereocenters. The van der Waals surface area contributed by atoms with E-state index in [1.807, 2.05) is 29.2 Å². The fraction of sp³-hybridized carbons (Fsp3) is 0.423. The zero-order valence-corrected chi connectivity index (χ0v) is 21.0. The molecule has 0 aromatic heterocycles. The van der Waals surface area contributed by atoms with E-state index in [2.05, 4.69) is 10.2 Å². The van der Waals surface area contributed by atoms with Crippen molar-refractivity contribution < 1.29 is 28.5 Å². The number of anilines is 1. The monoisotopic (exact) mass is 496 g/mol. The van der Waals surface area contributed by atoms with Crippen LogP contribution in [0.3, 0.4) is 0 Å². The number of benzene rings is 2. The minimum absolute atomic E-state index is 0.163. The van der Waals surface area contributed by atoms with Crippen molar-refractivity contribution in [3.63, 3.8) is 0 Å². The molecule has 1 saturated heterocycles. The van der Waals surface area contributed by atoms with E-state index in [-0.39, 0.29) is 6.61 Å². The van der Waals surface area contributed by atoms with Gasteiger partial charge in [0.05, 0.1) is 33.6 Å². The number of para-hydroxylation sites is 2. The predicted molar refractivity (Wildman–Crippen MR) is 135 cm³/mol. The summed E-state index contributed by atoms with van der Waals surface area (Å²) in [6.45, 7) is 4.57. The molecule has 1 N–H and O–H groups in total. The van der Waals surface area contributed by atoms with E-state index in [0.29, 0.717) is 49.2 Å². The van der Waals surface area contributed by atoms with Gasteiger partial charge in [0.1, 0.15) is 23.3 Å². The molecule has 0 unspecified atom stereocenters. The predicted octanol–water partition coefficient (Wildman–Crippen LogP) is 2.24. The number of aliphatic imine (C=N–C) groups is 1. The Kier molecular flexibility index (Phi) is 7.82. The van der Waals surface area contributed by atoms with E-state index < -0.39 is 23.8 Å². The number of hydrogen-bond acceptors (Lipinski definition) is 9. The Morgan fingerprint density at radius 3 is 2.33 bits per heavy atom. The molecule has 0 bridgehead atoms. The summed E-state index contributed by atoms with van der Waals surface area (Å²) in [5, 5.41) is 2.84. The SMILES string of the molecule is CCOC(=O)[C@H]1C(=O)NC(N2CCN(c3ccccc3OC)CC2)=N[C@H]1c1ccc(OC)cc1OC. The third-order valence-corrected chi connectivity index (χ3v) is 6.40. The van der Waals surface area contributed by atoms with Crippen molar-refractivity contribution in [2.75, 3.05) is 59.0 Å². The average molecular weight is 497 g/mol. The van der Waals surface area contributed by atoms with Crippen LogP contribution in [-0.4, -0.2) is 76.9 Å². The number of ether oxygens (including phenoxy) is 4. The zero-order valence-electron chi connectivity index (χ0n) is 21.0. The number of amides is 1. The number of piperazine rings is 1. The molecule has 2 aliphatic heterocycles. The molecule has 10 heteroatoms. The van der Waals surface area contributed by atoms with Crippen molar-refractivity contribution in [3.05, 3.63) is 48.0 Å². The number of carbonyl (C=O) groups excluding carboxylic acids is 2. The molecule has 36 heavy (non-hydrogen) atoms. The lowest BCUT2D eigenvalue weighted by atomic mass is 9.90. The van der Waals surface area contributed by atoms with Gasteiger partial charge < -0.3 is 28.7 Å². The summed E-state index contributed by atoms with van der Waals surface area (Å²) in [4.78, 5) is 35.2. The Hall–Kier alpha value is -3.95. The van der Waals surface area contributed by atoms with E-state index in [4.69, 9.17) is 23.9 Å². The van der Waals surface area contributed by atoms with Crippen LogP contribution in [0.15, 0.2) is 47.5 Å². The summed E-state index contributed by atoms with van der Waals surface area (Å²) in [5.74, 6) is 0.120. The first-order valence-electron chi connectivity index (χ1n) is 11.9. The molecule has 2 aromatic rings. The topological polar surface area (TPSA) is 102 Å². The summed E-state index contributed by atoms with van der Waals surface area (Å²) in [5.41, 5.74) is 1.63. The molecule has 2 aliphatic rings. The summed E-state index contributed by atoms with van der Waals surface area (Å²) in [6.07, 6.45) is 0. The van der Waals surface area contributed by atoms with Crippen LogP contribution in [0.25, 0.3) is 0 Å². The van der Waals surface area contributed by atoms with Crippen molar-refractivity contribution in [2.24, 2.45) is 10.9 Å². The minimum Gasteiger partial charge on any atom is -0.497 e. The van der Waals surface area contributed by atoms with Crippen LogP contribution < -0.4 is 24.4 Å². The van der Waals surface area contributed by atoms with Crippen LogP contribution in [-0.2, 0) is 14.3 Å². The smallest absolute Gasteiger partial charge is 0.321 e. The van der Waals surface area contributed by atoms with Crippen LogP contribution in [0.1, 0.15) is 18.5 Å². The minimum atomic E-state index is -1.13. The van der Waals surface area contributed by atoms with Crippen molar-refractivity contribution >= 4 is 23.5 Å². The van der Waals surface area contributed by atoms with Crippen molar-refractivity contribution in [2.45, 2.75) is 13.0 Å². The third-order valence-electron chi connectivity index (χ3n) is 6.40. The quantitative estimate of drug-likeness (QED) is 0.460. The largest absolute Gasteiger partial charge is 0.497 e. The molecule has 10 nitrogen and oxygen atoms in total. The number of rotatable bonds is 7. The van der Waals surface area contributed by atoms with Gasteiger partial charge in [-0.15, -0.1) is 0 Å². The fourth-order valence-electron chi connectivity index (χ4n) is 4.56. The lowest BCUT2D eigenvalue weighted by molar-refractivity contribution is -0.153. The molecule has 1 fully saturated rings.